The molecule has 5 aliphatic carbocycles. The van der Waals surface area contributed by atoms with E-state index >= 15 is 0 Å². The molecule has 3 nitrogen and oxygen atoms in total. The minimum Gasteiger partial charge on any atom is -0.481 e. The Kier molecular flexibility index (Phi) is 152. The number of carbonyl (C=O) groups is 1. The quantitative estimate of drug-likeness (QED) is 0.258. The van der Waals surface area contributed by atoms with Crippen molar-refractivity contribution in [1.82, 2.24) is 0 Å². The molecule has 4 fully saturated rings. The Morgan fingerprint density at radius 3 is 1.17 bits per heavy atom. The first-order valence-corrected chi connectivity index (χ1v) is 13.8. The van der Waals surface area contributed by atoms with Gasteiger partial charge in [-0.1, -0.05) is 283 Å². The molecule has 5 rings (SSSR count). The van der Waals surface area contributed by atoms with Gasteiger partial charge in [0.2, 0.25) is 0 Å². The van der Waals surface area contributed by atoms with Crippen molar-refractivity contribution in [3.05, 3.63) is 11.6 Å². The highest BCUT2D eigenvalue weighted by molar-refractivity contribution is 5.76. The zero-order valence-corrected chi connectivity index (χ0v) is 22.3. The number of carboxylic acids is 1. The summed E-state index contributed by atoms with van der Waals surface area (Å²) >= 11 is 0. The van der Waals surface area contributed by atoms with Crippen LogP contribution in [0, 0.1) is 50.2 Å². The molecular formula is C60H168O3. The summed E-state index contributed by atoms with van der Waals surface area (Å²) in [6.45, 7) is 16.9. The maximum atomic E-state index is 12.8. The molecule has 4 saturated carbocycles. The summed E-state index contributed by atoms with van der Waals surface area (Å²) < 4.78 is 0. The molecule has 0 saturated heterocycles. The van der Waals surface area contributed by atoms with Gasteiger partial charge in [0.05, 0.1) is 11.5 Å². The van der Waals surface area contributed by atoms with Crippen LogP contribution >= 0.6 is 0 Å². The summed E-state index contributed by atoms with van der Waals surface area (Å²) in [6, 6.07) is 0. The third kappa shape index (κ3) is 23.2. The van der Waals surface area contributed by atoms with Crippen molar-refractivity contribution in [1.29, 1.82) is 0 Å². The summed E-state index contributed by atoms with van der Waals surface area (Å²) in [4.78, 5) is 12.8. The first kappa shape index (κ1) is 178. The van der Waals surface area contributed by atoms with E-state index in [0.717, 1.165) is 51.4 Å². The Balaban J connectivity index is -0.0000000190. The zero-order valence-electron chi connectivity index (χ0n) is 22.3. The molecule has 8 atom stereocenters. The highest BCUT2D eigenvalue weighted by Gasteiger charge is 2.69. The molecule has 63 heavy (non-hydrogen) atoms. The van der Waals surface area contributed by atoms with Gasteiger partial charge in [0.25, 0.3) is 0 Å². The topological polar surface area (TPSA) is 57.5 Å². The van der Waals surface area contributed by atoms with Gasteiger partial charge in [-0.25, -0.2) is 0 Å². The van der Waals surface area contributed by atoms with Gasteiger partial charge < -0.3 is 10.2 Å². The second-order valence-corrected chi connectivity index (χ2v) is 15.1. The van der Waals surface area contributed by atoms with Gasteiger partial charge in [-0.3, -0.25) is 4.79 Å². The second-order valence-electron chi connectivity index (χ2n) is 15.1. The van der Waals surface area contributed by atoms with E-state index in [1.54, 1.807) is 0 Å². The van der Waals surface area contributed by atoms with E-state index in [4.69, 9.17) is 0 Å². The lowest BCUT2D eigenvalue weighted by atomic mass is 9.33. The lowest BCUT2D eigenvalue weighted by molar-refractivity contribution is -0.205. The van der Waals surface area contributed by atoms with E-state index < -0.39 is 11.4 Å². The number of rotatable bonds is 1. The second kappa shape index (κ2) is 53.8. The van der Waals surface area contributed by atoms with E-state index in [0.29, 0.717) is 11.8 Å². The van der Waals surface area contributed by atoms with E-state index in [1.807, 2.05) is 0 Å². The van der Waals surface area contributed by atoms with Crippen LogP contribution in [0.1, 0.15) is 335 Å². The molecule has 0 aliphatic heterocycles. The molecule has 2 N–H and O–H groups in total. The van der Waals surface area contributed by atoms with Gasteiger partial charge in [-0.2, -0.15) is 0 Å². The molecule has 0 aromatic carbocycles. The largest absolute Gasteiger partial charge is 0.481 e. The van der Waals surface area contributed by atoms with Crippen molar-refractivity contribution in [3.63, 3.8) is 0 Å². The Hall–Kier alpha value is -0.830. The van der Waals surface area contributed by atoms with E-state index in [-0.39, 0.29) is 262 Å². The predicted molar refractivity (Wildman–Crippen MR) is 335 cm³/mol. The number of aliphatic carboxylic acids is 1. The fourth-order valence-electron chi connectivity index (χ4n) is 10.6. The molecule has 0 amide bonds. The van der Waals surface area contributed by atoms with E-state index in [2.05, 4.69) is 54.5 Å². The summed E-state index contributed by atoms with van der Waals surface area (Å²) in [5, 5.41) is 21.4. The maximum absolute atomic E-state index is 12.8. The van der Waals surface area contributed by atoms with Gasteiger partial charge >= 0.3 is 5.97 Å². The highest BCUT2D eigenvalue weighted by Crippen LogP contribution is 2.75. The van der Waals surface area contributed by atoms with E-state index in [9.17, 15) is 15.0 Å². The molecule has 0 aromatic rings. The molecule has 0 radical (unpaired) electrons. The van der Waals surface area contributed by atoms with Crippen LogP contribution in [0.5, 0.6) is 0 Å². The molecule has 0 aromatic heterocycles. The predicted octanol–water partition coefficient (Wildman–Crippen LogP) is 26.3. The number of aliphatic hydroxyl groups excluding tert-OH is 1. The fourth-order valence-corrected chi connectivity index (χ4v) is 10.6. The van der Waals surface area contributed by atoms with E-state index in [1.165, 1.54) is 18.4 Å². The van der Waals surface area contributed by atoms with Gasteiger partial charge in [0, 0.05) is 0 Å². The SMILES string of the molecule is C.C.C.C.C.C.C.C.C.C.C.C.C.C.C.C.C.C.C.C.C.C.C.C.C.C.C.C.C.C.CC1(C)CC[C@]2(C(=O)O)CC[C@]3(C)C(=CCC4[C@@]5(C)CC[C@H](O)C(C)(C)C5CC[C@]43C)C2C1. The molecule has 0 spiro atoms. The number of fused-ring (bicyclic) bond motifs is 7. The van der Waals surface area contributed by atoms with Gasteiger partial charge in [-0.05, 0) is 109 Å². The van der Waals surface area contributed by atoms with Crippen molar-refractivity contribution in [2.45, 2.75) is 342 Å². The first-order valence-electron chi connectivity index (χ1n) is 13.8. The molecule has 426 valence electrons. The Labute approximate surface area is 422 Å². The molecule has 5 aliphatic rings. The molecule has 0 bridgehead atoms. The number of allylic oxidation sites excluding steroid dienone is 2. The molecule has 0 heterocycles. The van der Waals surface area contributed by atoms with Crippen molar-refractivity contribution in [2.24, 2.45) is 50.2 Å². The van der Waals surface area contributed by atoms with Crippen LogP contribution < -0.4 is 0 Å². The summed E-state index contributed by atoms with van der Waals surface area (Å²) in [6.07, 6.45) is 12.6. The Bertz CT molecular complexity index is 888. The third-order valence-corrected chi connectivity index (χ3v) is 13.0. The number of carboxylic acid groups (broad SMARTS) is 1. The molecule has 3 unspecified atom stereocenters. The minimum atomic E-state index is -0.553. The summed E-state index contributed by atoms with van der Waals surface area (Å²) in [5.74, 6) is 0.807. The number of hydrogen-bond acceptors (Lipinski definition) is 2. The van der Waals surface area contributed by atoms with Crippen LogP contribution in [0.15, 0.2) is 11.6 Å². The maximum Gasteiger partial charge on any atom is 0.310 e. The van der Waals surface area contributed by atoms with Gasteiger partial charge in [0.15, 0.2) is 0 Å². The first-order chi connectivity index (χ1) is 15.1. The van der Waals surface area contributed by atoms with Gasteiger partial charge in [0.1, 0.15) is 0 Å². The smallest absolute Gasteiger partial charge is 0.310 e. The van der Waals surface area contributed by atoms with Crippen LogP contribution in [0.25, 0.3) is 0 Å². The summed E-state index contributed by atoms with van der Waals surface area (Å²) in [5.41, 5.74) is 1.68. The van der Waals surface area contributed by atoms with Crippen LogP contribution in [-0.2, 0) is 4.79 Å². The molecule has 3 heteroatoms. The Morgan fingerprint density at radius 1 is 0.476 bits per heavy atom. The van der Waals surface area contributed by atoms with Crippen LogP contribution in [0.4, 0.5) is 0 Å². The lowest BCUT2D eigenvalue weighted by Crippen LogP contribution is -2.65. The van der Waals surface area contributed by atoms with Gasteiger partial charge in [-0.15, -0.1) is 0 Å². The van der Waals surface area contributed by atoms with Crippen molar-refractivity contribution in [2.75, 3.05) is 0 Å². The normalized spacial score (nSPS) is 27.5. The Morgan fingerprint density at radius 2 is 0.825 bits per heavy atom. The van der Waals surface area contributed by atoms with Crippen molar-refractivity contribution < 1.29 is 15.0 Å². The monoisotopic (exact) mass is 937 g/mol. The molecular weight excluding hydrogens is 769 g/mol. The average Bonchev–Trinajstić information content (AvgIpc) is 2.71. The fraction of sp³-hybridized carbons (Fsp3) is 0.950. The van der Waals surface area contributed by atoms with Crippen LogP contribution in [0.3, 0.4) is 0 Å². The minimum absolute atomic E-state index is 0. The highest BCUT2D eigenvalue weighted by atomic mass is 16.4. The van der Waals surface area contributed by atoms with Crippen LogP contribution in [-0.4, -0.2) is 22.3 Å². The van der Waals surface area contributed by atoms with Crippen molar-refractivity contribution >= 4 is 5.97 Å². The number of aliphatic hydroxyl groups is 1. The van der Waals surface area contributed by atoms with Crippen molar-refractivity contribution in [3.8, 4) is 0 Å². The average molecular weight is 938 g/mol. The number of hydrogen-bond donors (Lipinski definition) is 2. The zero-order chi connectivity index (χ0) is 24.2. The summed E-state index contributed by atoms with van der Waals surface area (Å²) in [7, 11) is 0. The third-order valence-electron chi connectivity index (χ3n) is 13.0. The standard InChI is InChI=1S/C30H48O3.30CH4/c1-25(2)14-16-30(24(32)33)17-15-28(6)19(20(30)18-25)8-9-22-27(5)12-11-23(31)26(3,4)21(27)10-13-29(22,28)7;;;;;;;;;;;;;;;;;;;;;;;;;;;;;;/h8,20-23,31H,9-18H2,1-7H3,(H,32,33);30*1H4/t20?,21?,22?,23-,27-,28+,29+,30-;;;;;;;;;;;;;;;;;;;;;;;;;;;;;;/m0............................../s1. The van der Waals surface area contributed by atoms with Crippen LogP contribution in [0.2, 0.25) is 0 Å². The lowest BCUT2D eigenvalue weighted by Gasteiger charge is -2.71.